The van der Waals surface area contributed by atoms with Crippen molar-refractivity contribution in [2.24, 2.45) is 0 Å². The van der Waals surface area contributed by atoms with E-state index in [1.54, 1.807) is 6.07 Å². The Morgan fingerprint density at radius 3 is 2.43 bits per heavy atom. The Labute approximate surface area is 162 Å². The van der Waals surface area contributed by atoms with Crippen LogP contribution in [0.2, 0.25) is 0 Å². The van der Waals surface area contributed by atoms with Gasteiger partial charge in [0.2, 0.25) is 10.0 Å². The van der Waals surface area contributed by atoms with Gasteiger partial charge in [-0.25, -0.2) is 17.2 Å². The van der Waals surface area contributed by atoms with Crippen LogP contribution in [0.25, 0.3) is 0 Å². The second kappa shape index (κ2) is 8.24. The van der Waals surface area contributed by atoms with E-state index in [0.29, 0.717) is 11.8 Å². The number of rotatable bonds is 5. The van der Waals surface area contributed by atoms with E-state index >= 15 is 0 Å². The van der Waals surface area contributed by atoms with Gasteiger partial charge in [-0.05, 0) is 36.8 Å². The van der Waals surface area contributed by atoms with Crippen molar-refractivity contribution in [2.45, 2.75) is 11.8 Å². The lowest BCUT2D eigenvalue weighted by Crippen LogP contribution is -2.51. The fourth-order valence-corrected chi connectivity index (χ4v) is 4.41. The number of hydrogen-bond donors (Lipinski definition) is 0. The third-order valence-corrected chi connectivity index (χ3v) is 6.39. The highest BCUT2D eigenvalue weighted by Gasteiger charge is 2.32. The molecular weight excluding hydrogens is 390 g/mol. The third kappa shape index (κ3) is 4.48. The summed E-state index contributed by atoms with van der Waals surface area (Å²) >= 11 is 0. The van der Waals surface area contributed by atoms with Crippen LogP contribution in [0.15, 0.2) is 47.4 Å². The molecule has 0 bridgehead atoms. The quantitative estimate of drug-likeness (QED) is 0.758. The maximum atomic E-state index is 13.9. The number of aryl methyl sites for hydroxylation is 1. The summed E-state index contributed by atoms with van der Waals surface area (Å²) in [6.07, 6.45) is 0. The number of hydrogen-bond acceptors (Lipinski definition) is 4. The minimum atomic E-state index is -4.10. The summed E-state index contributed by atoms with van der Waals surface area (Å²) in [4.78, 5) is 13.2. The molecule has 0 radical (unpaired) electrons. The van der Waals surface area contributed by atoms with Gasteiger partial charge < -0.3 is 9.64 Å². The lowest BCUT2D eigenvalue weighted by atomic mass is 10.2. The van der Waals surface area contributed by atoms with E-state index in [4.69, 9.17) is 4.74 Å². The van der Waals surface area contributed by atoms with Crippen LogP contribution >= 0.6 is 0 Å². The van der Waals surface area contributed by atoms with Crippen LogP contribution in [0, 0.1) is 18.6 Å². The van der Waals surface area contributed by atoms with Crippen molar-refractivity contribution >= 4 is 15.9 Å². The van der Waals surface area contributed by atoms with Crippen molar-refractivity contribution < 1.29 is 26.7 Å². The Morgan fingerprint density at radius 2 is 1.79 bits per heavy atom. The molecule has 6 nitrogen and oxygen atoms in total. The summed E-state index contributed by atoms with van der Waals surface area (Å²) in [5.41, 5.74) is 1.01. The molecule has 1 aliphatic heterocycles. The molecule has 0 spiro atoms. The van der Waals surface area contributed by atoms with Crippen LogP contribution in [0.3, 0.4) is 0 Å². The van der Waals surface area contributed by atoms with Crippen molar-refractivity contribution in [3.8, 4) is 5.75 Å². The normalized spacial score (nSPS) is 15.5. The van der Waals surface area contributed by atoms with Gasteiger partial charge in [0.15, 0.2) is 6.61 Å². The van der Waals surface area contributed by atoms with Crippen molar-refractivity contribution in [3.05, 3.63) is 59.7 Å². The topological polar surface area (TPSA) is 66.9 Å². The molecule has 1 amide bonds. The molecule has 3 rings (SSSR count). The first-order valence-electron chi connectivity index (χ1n) is 8.70. The van der Waals surface area contributed by atoms with Crippen LogP contribution in [-0.2, 0) is 14.8 Å². The molecule has 1 heterocycles. The van der Waals surface area contributed by atoms with Gasteiger partial charge in [-0.3, -0.25) is 4.79 Å². The summed E-state index contributed by atoms with van der Waals surface area (Å²) < 4.78 is 58.6. The van der Waals surface area contributed by atoms with Crippen LogP contribution in [-0.4, -0.2) is 56.3 Å². The van der Waals surface area contributed by atoms with E-state index in [2.05, 4.69) is 0 Å². The lowest BCUT2D eigenvalue weighted by molar-refractivity contribution is -0.134. The second-order valence-electron chi connectivity index (χ2n) is 6.46. The molecule has 9 heteroatoms. The van der Waals surface area contributed by atoms with Crippen molar-refractivity contribution in [2.75, 3.05) is 32.8 Å². The van der Waals surface area contributed by atoms with E-state index in [1.807, 2.05) is 25.1 Å². The molecule has 0 N–H and O–H groups in total. The number of carbonyl (C=O) groups is 1. The maximum absolute atomic E-state index is 13.9. The first kappa shape index (κ1) is 20.2. The number of sulfonamides is 1. The fourth-order valence-electron chi connectivity index (χ4n) is 2.94. The minimum absolute atomic E-state index is 0.0231. The van der Waals surface area contributed by atoms with Crippen molar-refractivity contribution in [3.63, 3.8) is 0 Å². The molecule has 1 fully saturated rings. The average molecular weight is 410 g/mol. The SMILES string of the molecule is Cc1cccc(OCC(=O)N2CCN(S(=O)(=O)c3ccc(F)cc3F)CC2)c1. The van der Waals surface area contributed by atoms with Gasteiger partial charge in [0, 0.05) is 32.2 Å². The first-order valence-corrected chi connectivity index (χ1v) is 10.1. The predicted octanol–water partition coefficient (Wildman–Crippen LogP) is 2.19. The summed E-state index contributed by atoms with van der Waals surface area (Å²) in [6.45, 7) is 2.14. The minimum Gasteiger partial charge on any atom is -0.484 e. The van der Waals surface area contributed by atoms with E-state index in [0.717, 1.165) is 22.0 Å². The zero-order valence-electron chi connectivity index (χ0n) is 15.3. The second-order valence-corrected chi connectivity index (χ2v) is 8.37. The summed E-state index contributed by atoms with van der Waals surface area (Å²) in [5, 5.41) is 0. The van der Waals surface area contributed by atoms with Gasteiger partial charge in [0.1, 0.15) is 22.3 Å². The number of halogens is 2. The smallest absolute Gasteiger partial charge is 0.260 e. The zero-order valence-corrected chi connectivity index (χ0v) is 16.1. The van der Waals surface area contributed by atoms with Gasteiger partial charge >= 0.3 is 0 Å². The Hall–Kier alpha value is -2.52. The van der Waals surface area contributed by atoms with Crippen LogP contribution < -0.4 is 4.74 Å². The highest BCUT2D eigenvalue weighted by atomic mass is 32.2. The van der Waals surface area contributed by atoms with E-state index in [9.17, 15) is 22.0 Å². The van der Waals surface area contributed by atoms with Gasteiger partial charge in [0.25, 0.3) is 5.91 Å². The van der Waals surface area contributed by atoms with Crippen molar-refractivity contribution in [1.29, 1.82) is 0 Å². The highest BCUT2D eigenvalue weighted by molar-refractivity contribution is 7.89. The molecule has 2 aromatic carbocycles. The Bertz CT molecular complexity index is 974. The van der Waals surface area contributed by atoms with E-state index in [-0.39, 0.29) is 38.7 Å². The lowest BCUT2D eigenvalue weighted by Gasteiger charge is -2.34. The number of nitrogens with zero attached hydrogens (tertiary/aromatic N) is 2. The number of piperazine rings is 1. The van der Waals surface area contributed by atoms with Gasteiger partial charge in [-0.2, -0.15) is 4.31 Å². The first-order chi connectivity index (χ1) is 13.3. The highest BCUT2D eigenvalue weighted by Crippen LogP contribution is 2.21. The number of ether oxygens (including phenoxy) is 1. The zero-order chi connectivity index (χ0) is 20.3. The molecule has 0 saturated carbocycles. The van der Waals surface area contributed by atoms with Crippen molar-refractivity contribution in [1.82, 2.24) is 9.21 Å². The average Bonchev–Trinajstić information content (AvgIpc) is 2.66. The molecule has 0 aliphatic carbocycles. The molecule has 28 heavy (non-hydrogen) atoms. The Morgan fingerprint density at radius 1 is 1.07 bits per heavy atom. The molecule has 0 aromatic heterocycles. The number of benzene rings is 2. The van der Waals surface area contributed by atoms with Crippen LogP contribution in [0.5, 0.6) is 5.75 Å². The fraction of sp³-hybridized carbons (Fsp3) is 0.316. The summed E-state index contributed by atoms with van der Waals surface area (Å²) in [7, 11) is -4.10. The van der Waals surface area contributed by atoms with Crippen LogP contribution in [0.1, 0.15) is 5.56 Å². The molecule has 2 aromatic rings. The van der Waals surface area contributed by atoms with Crippen LogP contribution in [0.4, 0.5) is 8.78 Å². The van der Waals surface area contributed by atoms with E-state index < -0.39 is 26.6 Å². The number of amides is 1. The maximum Gasteiger partial charge on any atom is 0.260 e. The largest absolute Gasteiger partial charge is 0.484 e. The molecule has 0 unspecified atom stereocenters. The predicted molar refractivity (Wildman–Crippen MR) is 98.4 cm³/mol. The van der Waals surface area contributed by atoms with Gasteiger partial charge in [0.05, 0.1) is 0 Å². The third-order valence-electron chi connectivity index (χ3n) is 4.45. The monoisotopic (exact) mass is 410 g/mol. The molecular formula is C19H20F2N2O4S. The summed E-state index contributed by atoms with van der Waals surface area (Å²) in [6, 6.07) is 9.66. The molecule has 150 valence electrons. The number of carbonyl (C=O) groups excluding carboxylic acids is 1. The van der Waals surface area contributed by atoms with E-state index in [1.165, 1.54) is 4.90 Å². The summed E-state index contributed by atoms with van der Waals surface area (Å²) in [5.74, 6) is -1.65. The Kier molecular flexibility index (Phi) is 5.95. The standard InChI is InChI=1S/C19H20F2N2O4S/c1-14-3-2-4-16(11-14)27-13-19(24)22-7-9-23(10-8-22)28(25,26)18-6-5-15(20)12-17(18)21/h2-6,11-12H,7-10,13H2,1H3. The Balaban J connectivity index is 1.58. The molecule has 1 saturated heterocycles. The van der Waals surface area contributed by atoms with Gasteiger partial charge in [-0.1, -0.05) is 12.1 Å². The molecule has 1 aliphatic rings. The molecule has 0 atom stereocenters. The van der Waals surface area contributed by atoms with Gasteiger partial charge in [-0.15, -0.1) is 0 Å².